The Kier molecular flexibility index (Phi) is 4.52. The molecule has 2 unspecified atom stereocenters. The average molecular weight is 307 g/mol. The predicted molar refractivity (Wildman–Crippen MR) is 83.7 cm³/mol. The van der Waals surface area contributed by atoms with E-state index in [-0.39, 0.29) is 12.1 Å². The lowest BCUT2D eigenvalue weighted by atomic mass is 10.1. The number of urea groups is 1. The second-order valence-corrected chi connectivity index (χ2v) is 6.42. The number of nitrogens with one attached hydrogen (secondary N) is 2. The van der Waals surface area contributed by atoms with E-state index in [9.17, 15) is 9.90 Å². The number of rotatable bonds is 5. The van der Waals surface area contributed by atoms with Crippen molar-refractivity contribution in [1.29, 1.82) is 0 Å². The number of carbonyl (C=O) groups is 1. The highest BCUT2D eigenvalue weighted by Gasteiger charge is 2.30. The molecule has 1 aromatic rings. The van der Waals surface area contributed by atoms with Crippen molar-refractivity contribution in [3.8, 4) is 0 Å². The average Bonchev–Trinajstić information content (AvgIpc) is 3.27. The van der Waals surface area contributed by atoms with Crippen molar-refractivity contribution < 1.29 is 9.90 Å². The van der Waals surface area contributed by atoms with Crippen molar-refractivity contribution >= 4 is 11.7 Å². The minimum absolute atomic E-state index is 0.132. The summed E-state index contributed by atoms with van der Waals surface area (Å²) in [4.78, 5) is 14.2. The molecule has 0 aromatic carbocycles. The zero-order valence-corrected chi connectivity index (χ0v) is 13.0. The van der Waals surface area contributed by atoms with Gasteiger partial charge in [0.05, 0.1) is 18.0 Å². The molecule has 22 heavy (non-hydrogen) atoms. The van der Waals surface area contributed by atoms with E-state index in [1.165, 1.54) is 0 Å². The first-order valence-electron chi connectivity index (χ1n) is 8.08. The molecule has 7 heteroatoms. The fourth-order valence-electron chi connectivity index (χ4n) is 2.98. The minimum Gasteiger partial charge on any atom is -0.391 e. The van der Waals surface area contributed by atoms with E-state index in [1.54, 1.807) is 4.68 Å². The Bertz CT molecular complexity index is 514. The molecule has 1 saturated heterocycles. The second kappa shape index (κ2) is 6.56. The van der Waals surface area contributed by atoms with Gasteiger partial charge in [0.15, 0.2) is 0 Å². The summed E-state index contributed by atoms with van der Waals surface area (Å²) in [6.07, 6.45) is 7.63. The van der Waals surface area contributed by atoms with Gasteiger partial charge in [-0.2, -0.15) is 5.10 Å². The van der Waals surface area contributed by atoms with Crippen molar-refractivity contribution in [1.82, 2.24) is 20.4 Å². The van der Waals surface area contributed by atoms with Gasteiger partial charge in [-0.25, -0.2) is 4.79 Å². The number of carbonyl (C=O) groups excluding carboxylic acids is 1. The van der Waals surface area contributed by atoms with Crippen LogP contribution in [-0.4, -0.2) is 52.7 Å². The third-order valence-corrected chi connectivity index (χ3v) is 4.45. The van der Waals surface area contributed by atoms with Gasteiger partial charge >= 0.3 is 6.03 Å². The number of piperidine rings is 1. The van der Waals surface area contributed by atoms with Crippen molar-refractivity contribution in [3.05, 3.63) is 12.4 Å². The molecule has 1 aliphatic carbocycles. The van der Waals surface area contributed by atoms with E-state index in [0.29, 0.717) is 12.5 Å². The van der Waals surface area contributed by atoms with Gasteiger partial charge in [-0.15, -0.1) is 0 Å². The fraction of sp³-hybridized carbons (Fsp3) is 0.733. The largest absolute Gasteiger partial charge is 0.391 e. The number of aromatic nitrogens is 2. The number of amides is 2. The van der Waals surface area contributed by atoms with Crippen LogP contribution in [0.2, 0.25) is 0 Å². The van der Waals surface area contributed by atoms with Gasteiger partial charge in [-0.3, -0.25) is 4.68 Å². The number of aliphatic hydroxyl groups excluding tert-OH is 1. The van der Waals surface area contributed by atoms with E-state index in [1.807, 2.05) is 19.4 Å². The summed E-state index contributed by atoms with van der Waals surface area (Å²) < 4.78 is 1.79. The molecule has 3 N–H and O–H groups in total. The molecule has 0 radical (unpaired) electrons. The van der Waals surface area contributed by atoms with Crippen LogP contribution in [0.25, 0.3) is 0 Å². The molecule has 1 aromatic heterocycles. The normalized spacial score (nSPS) is 23.2. The van der Waals surface area contributed by atoms with Crippen LogP contribution >= 0.6 is 0 Å². The third kappa shape index (κ3) is 3.91. The Balaban J connectivity index is 1.44. The molecule has 2 atom stereocenters. The van der Waals surface area contributed by atoms with Crippen LogP contribution in [0.15, 0.2) is 12.4 Å². The summed E-state index contributed by atoms with van der Waals surface area (Å²) in [5.41, 5.74) is 1.10. The summed E-state index contributed by atoms with van der Waals surface area (Å²) in [5.74, 6) is 0.385. The first kappa shape index (κ1) is 15.1. The van der Waals surface area contributed by atoms with Crippen LogP contribution in [0.5, 0.6) is 0 Å². The highest BCUT2D eigenvalue weighted by atomic mass is 16.3. The minimum atomic E-state index is -0.399. The predicted octanol–water partition coefficient (Wildman–Crippen LogP) is 0.459. The van der Waals surface area contributed by atoms with Gasteiger partial charge in [0.25, 0.3) is 0 Å². The lowest BCUT2D eigenvalue weighted by Gasteiger charge is -2.33. The van der Waals surface area contributed by atoms with E-state index in [0.717, 1.165) is 44.5 Å². The Morgan fingerprint density at radius 2 is 2.32 bits per heavy atom. The van der Waals surface area contributed by atoms with E-state index < -0.39 is 6.10 Å². The molecule has 7 nitrogen and oxygen atoms in total. The number of anilines is 1. The summed E-state index contributed by atoms with van der Waals surface area (Å²) in [7, 11) is 1.90. The van der Waals surface area contributed by atoms with Crippen LogP contribution in [0.3, 0.4) is 0 Å². The molecule has 1 saturated carbocycles. The quantitative estimate of drug-likeness (QED) is 0.738. The Morgan fingerprint density at radius 3 is 3.00 bits per heavy atom. The van der Waals surface area contributed by atoms with E-state index in [2.05, 4.69) is 20.6 Å². The van der Waals surface area contributed by atoms with Gasteiger partial charge in [0.1, 0.15) is 0 Å². The van der Waals surface area contributed by atoms with Crippen LogP contribution in [0.1, 0.15) is 25.7 Å². The van der Waals surface area contributed by atoms with Gasteiger partial charge in [0.2, 0.25) is 0 Å². The van der Waals surface area contributed by atoms with E-state index in [4.69, 9.17) is 0 Å². The SMILES string of the molecule is Cn1cc(N2CCCC(NC(=O)NCC(O)C3CC3)C2)cn1. The Labute approximate surface area is 130 Å². The molecule has 2 fully saturated rings. The smallest absolute Gasteiger partial charge is 0.315 e. The number of aliphatic hydroxyl groups is 1. The first-order chi connectivity index (χ1) is 10.6. The van der Waals surface area contributed by atoms with Crippen LogP contribution in [0.4, 0.5) is 10.5 Å². The standard InChI is InChI=1S/C15H25N5O2/c1-19-10-13(7-17-19)20-6-2-3-12(9-20)18-15(22)16-8-14(21)11-4-5-11/h7,10-12,14,21H,2-6,8-9H2,1H3,(H2,16,18,22). The summed E-state index contributed by atoms with van der Waals surface area (Å²) in [5, 5.41) is 19.8. The highest BCUT2D eigenvalue weighted by Crippen LogP contribution is 2.32. The van der Waals surface area contributed by atoms with Crippen molar-refractivity contribution in [2.24, 2.45) is 13.0 Å². The summed E-state index contributed by atoms with van der Waals surface area (Å²) in [6, 6.07) is -0.0511. The van der Waals surface area contributed by atoms with Crippen LogP contribution in [0, 0.1) is 5.92 Å². The maximum atomic E-state index is 11.9. The number of hydrogen-bond acceptors (Lipinski definition) is 4. The zero-order chi connectivity index (χ0) is 15.5. The highest BCUT2D eigenvalue weighted by molar-refractivity contribution is 5.74. The van der Waals surface area contributed by atoms with E-state index >= 15 is 0 Å². The lowest BCUT2D eigenvalue weighted by Crippen LogP contribution is -2.51. The maximum Gasteiger partial charge on any atom is 0.315 e. The number of hydrogen-bond donors (Lipinski definition) is 3. The molecule has 2 amide bonds. The summed E-state index contributed by atoms with van der Waals surface area (Å²) >= 11 is 0. The van der Waals surface area contributed by atoms with Crippen molar-refractivity contribution in [2.45, 2.75) is 37.8 Å². The summed E-state index contributed by atoms with van der Waals surface area (Å²) in [6.45, 7) is 2.13. The molecule has 2 aliphatic rings. The van der Waals surface area contributed by atoms with Crippen LogP contribution < -0.4 is 15.5 Å². The van der Waals surface area contributed by atoms with Crippen LogP contribution in [-0.2, 0) is 7.05 Å². The molecule has 2 heterocycles. The molecule has 0 bridgehead atoms. The van der Waals surface area contributed by atoms with Gasteiger partial charge < -0.3 is 20.6 Å². The first-order valence-corrected chi connectivity index (χ1v) is 8.08. The Morgan fingerprint density at radius 1 is 1.50 bits per heavy atom. The lowest BCUT2D eigenvalue weighted by molar-refractivity contribution is 0.148. The van der Waals surface area contributed by atoms with Gasteiger partial charge in [0, 0.05) is 38.9 Å². The number of aryl methyl sites for hydroxylation is 1. The molecular formula is C15H25N5O2. The second-order valence-electron chi connectivity index (χ2n) is 6.42. The molecule has 122 valence electrons. The van der Waals surface area contributed by atoms with Gasteiger partial charge in [-0.05, 0) is 31.6 Å². The molecule has 0 spiro atoms. The molecule has 1 aliphatic heterocycles. The third-order valence-electron chi connectivity index (χ3n) is 4.45. The zero-order valence-electron chi connectivity index (χ0n) is 13.0. The fourth-order valence-corrected chi connectivity index (χ4v) is 2.98. The van der Waals surface area contributed by atoms with Crippen molar-refractivity contribution in [2.75, 3.05) is 24.5 Å². The Hall–Kier alpha value is -1.76. The molecule has 3 rings (SSSR count). The van der Waals surface area contributed by atoms with Gasteiger partial charge in [-0.1, -0.05) is 0 Å². The van der Waals surface area contributed by atoms with Crippen molar-refractivity contribution in [3.63, 3.8) is 0 Å². The monoisotopic (exact) mass is 307 g/mol. The maximum absolute atomic E-state index is 11.9. The number of nitrogens with zero attached hydrogens (tertiary/aromatic N) is 3. The topological polar surface area (TPSA) is 82.4 Å². The molecular weight excluding hydrogens is 282 g/mol.